The van der Waals surface area contributed by atoms with Crippen molar-refractivity contribution in [3.63, 3.8) is 0 Å². The molecule has 1 aliphatic heterocycles. The van der Waals surface area contributed by atoms with Gasteiger partial charge in [0, 0.05) is 19.8 Å². The molecular formula is C18H24N2O5. The maximum atomic E-state index is 12.6. The Morgan fingerprint density at radius 1 is 1.16 bits per heavy atom. The van der Waals surface area contributed by atoms with Gasteiger partial charge in [-0.05, 0) is 31.5 Å². The molecule has 0 spiro atoms. The Kier molecular flexibility index (Phi) is 5.56. The molecule has 136 valence electrons. The number of nitrogens with zero attached hydrogens (tertiary/aromatic N) is 2. The molecule has 0 saturated carbocycles. The molecule has 1 atom stereocenters. The van der Waals surface area contributed by atoms with Crippen LogP contribution in [0.15, 0.2) is 29.5 Å². The number of likely N-dealkylation sites (N-methyl/N-ethyl adjacent to an activating group) is 1. The van der Waals surface area contributed by atoms with Crippen molar-refractivity contribution in [2.45, 2.75) is 19.9 Å². The van der Waals surface area contributed by atoms with Crippen LogP contribution in [0.1, 0.15) is 25.5 Å². The highest BCUT2D eigenvalue weighted by Gasteiger charge is 2.39. The summed E-state index contributed by atoms with van der Waals surface area (Å²) in [5.74, 6) is 0.665. The highest BCUT2D eigenvalue weighted by Crippen LogP contribution is 2.39. The van der Waals surface area contributed by atoms with Crippen molar-refractivity contribution >= 4 is 12.0 Å². The Balaban J connectivity index is 2.62. The molecule has 0 aromatic heterocycles. The van der Waals surface area contributed by atoms with Crippen LogP contribution in [-0.2, 0) is 9.53 Å². The van der Waals surface area contributed by atoms with Crippen molar-refractivity contribution in [3.8, 4) is 11.5 Å². The number of rotatable bonds is 5. The Labute approximate surface area is 147 Å². The van der Waals surface area contributed by atoms with Crippen LogP contribution in [-0.4, -0.2) is 56.7 Å². The van der Waals surface area contributed by atoms with Crippen molar-refractivity contribution in [1.29, 1.82) is 0 Å². The Hall–Kier alpha value is -2.70. The van der Waals surface area contributed by atoms with E-state index in [0.717, 1.165) is 5.56 Å². The van der Waals surface area contributed by atoms with Crippen molar-refractivity contribution in [2.24, 2.45) is 0 Å². The minimum atomic E-state index is -0.567. The van der Waals surface area contributed by atoms with Gasteiger partial charge in [0.25, 0.3) is 0 Å². The van der Waals surface area contributed by atoms with E-state index < -0.39 is 12.0 Å². The molecule has 0 N–H and O–H groups in total. The predicted molar refractivity (Wildman–Crippen MR) is 92.5 cm³/mol. The van der Waals surface area contributed by atoms with Gasteiger partial charge in [0.2, 0.25) is 0 Å². The minimum Gasteiger partial charge on any atom is -0.493 e. The number of hydrogen-bond donors (Lipinski definition) is 0. The van der Waals surface area contributed by atoms with Gasteiger partial charge < -0.3 is 24.0 Å². The van der Waals surface area contributed by atoms with E-state index in [1.54, 1.807) is 54.3 Å². The maximum absolute atomic E-state index is 12.6. The zero-order valence-corrected chi connectivity index (χ0v) is 15.5. The smallest absolute Gasteiger partial charge is 0.338 e. The summed E-state index contributed by atoms with van der Waals surface area (Å²) in [6.07, 6.45) is 0. The molecule has 1 aromatic rings. The summed E-state index contributed by atoms with van der Waals surface area (Å²) in [5.41, 5.74) is 1.74. The van der Waals surface area contributed by atoms with Crippen molar-refractivity contribution < 1.29 is 23.8 Å². The highest BCUT2D eigenvalue weighted by molar-refractivity contribution is 5.95. The van der Waals surface area contributed by atoms with E-state index in [0.29, 0.717) is 22.8 Å². The van der Waals surface area contributed by atoms with Gasteiger partial charge >= 0.3 is 12.0 Å². The van der Waals surface area contributed by atoms with E-state index >= 15 is 0 Å². The molecule has 2 rings (SSSR count). The quantitative estimate of drug-likeness (QED) is 0.765. The van der Waals surface area contributed by atoms with E-state index in [-0.39, 0.29) is 12.6 Å². The number of hydrogen-bond acceptors (Lipinski definition) is 5. The Morgan fingerprint density at radius 2 is 1.80 bits per heavy atom. The van der Waals surface area contributed by atoms with Crippen LogP contribution in [0.4, 0.5) is 4.79 Å². The molecule has 1 aliphatic rings. The number of amides is 2. The summed E-state index contributed by atoms with van der Waals surface area (Å²) in [6, 6.07) is 4.56. The second-order valence-corrected chi connectivity index (χ2v) is 5.69. The molecule has 0 radical (unpaired) electrons. The first kappa shape index (κ1) is 18.6. The first-order chi connectivity index (χ1) is 11.9. The lowest BCUT2D eigenvalue weighted by atomic mass is 9.93. The molecule has 0 aliphatic carbocycles. The maximum Gasteiger partial charge on any atom is 0.338 e. The van der Waals surface area contributed by atoms with Crippen molar-refractivity contribution in [3.05, 3.63) is 35.0 Å². The van der Waals surface area contributed by atoms with E-state index in [1.165, 1.54) is 9.80 Å². The zero-order valence-electron chi connectivity index (χ0n) is 15.5. The monoisotopic (exact) mass is 348 g/mol. The van der Waals surface area contributed by atoms with E-state index in [2.05, 4.69) is 0 Å². The first-order valence-electron chi connectivity index (χ1n) is 7.97. The molecule has 25 heavy (non-hydrogen) atoms. The number of esters is 1. The summed E-state index contributed by atoms with van der Waals surface area (Å²) in [5, 5.41) is 0. The first-order valence-corrected chi connectivity index (χ1v) is 7.97. The van der Waals surface area contributed by atoms with Crippen LogP contribution in [0.2, 0.25) is 0 Å². The van der Waals surface area contributed by atoms with E-state index in [1.807, 2.05) is 6.07 Å². The molecule has 1 heterocycles. The van der Waals surface area contributed by atoms with Gasteiger partial charge in [0.1, 0.15) is 0 Å². The van der Waals surface area contributed by atoms with Crippen LogP contribution in [0.5, 0.6) is 11.5 Å². The molecule has 1 unspecified atom stereocenters. The van der Waals surface area contributed by atoms with E-state index in [9.17, 15) is 9.59 Å². The topological polar surface area (TPSA) is 68.3 Å². The second-order valence-electron chi connectivity index (χ2n) is 5.69. The summed E-state index contributed by atoms with van der Waals surface area (Å²) < 4.78 is 15.8. The summed E-state index contributed by atoms with van der Waals surface area (Å²) in [6.45, 7) is 3.75. The molecule has 2 amide bonds. The van der Waals surface area contributed by atoms with Crippen LogP contribution < -0.4 is 9.47 Å². The average Bonchev–Trinajstić information content (AvgIpc) is 2.62. The Bertz CT molecular complexity index is 713. The molecule has 0 saturated heterocycles. The van der Waals surface area contributed by atoms with Gasteiger partial charge in [0.05, 0.1) is 32.4 Å². The third-order valence-electron chi connectivity index (χ3n) is 4.36. The molecule has 7 nitrogen and oxygen atoms in total. The summed E-state index contributed by atoms with van der Waals surface area (Å²) in [4.78, 5) is 28.1. The molecule has 0 bridgehead atoms. The fourth-order valence-electron chi connectivity index (χ4n) is 2.94. The normalized spacial score (nSPS) is 17.7. The van der Waals surface area contributed by atoms with Gasteiger partial charge in [-0.15, -0.1) is 0 Å². The lowest BCUT2D eigenvalue weighted by molar-refractivity contribution is -0.139. The third-order valence-corrected chi connectivity index (χ3v) is 4.36. The van der Waals surface area contributed by atoms with Crippen LogP contribution in [0.3, 0.4) is 0 Å². The minimum absolute atomic E-state index is 0.203. The third kappa shape index (κ3) is 3.26. The van der Waals surface area contributed by atoms with E-state index in [4.69, 9.17) is 14.2 Å². The number of allylic oxidation sites excluding steroid dienone is 1. The van der Waals surface area contributed by atoms with Crippen molar-refractivity contribution in [2.75, 3.05) is 34.9 Å². The van der Waals surface area contributed by atoms with Crippen LogP contribution in [0, 0.1) is 0 Å². The number of ether oxygens (including phenoxy) is 3. The van der Waals surface area contributed by atoms with Gasteiger partial charge in [-0.25, -0.2) is 9.59 Å². The Morgan fingerprint density at radius 3 is 2.36 bits per heavy atom. The SMILES string of the molecule is CCOC(=O)C1=C(C)N(C)C(=O)N(C)C1c1ccc(OC)c(OC)c1. The lowest BCUT2D eigenvalue weighted by Gasteiger charge is -2.39. The largest absolute Gasteiger partial charge is 0.493 e. The molecule has 1 aromatic carbocycles. The highest BCUT2D eigenvalue weighted by atomic mass is 16.5. The number of methoxy groups -OCH3 is 2. The summed E-state index contributed by atoms with van der Waals surface area (Å²) >= 11 is 0. The fraction of sp³-hybridized carbons (Fsp3) is 0.444. The average molecular weight is 348 g/mol. The number of carbonyl (C=O) groups excluding carboxylic acids is 2. The fourth-order valence-corrected chi connectivity index (χ4v) is 2.94. The van der Waals surface area contributed by atoms with Gasteiger partial charge in [-0.1, -0.05) is 6.07 Å². The second kappa shape index (κ2) is 7.46. The van der Waals surface area contributed by atoms with Gasteiger partial charge in [-0.3, -0.25) is 0 Å². The molecular weight excluding hydrogens is 324 g/mol. The standard InChI is InChI=1S/C18H24N2O5/c1-7-25-17(21)15-11(2)19(3)18(22)20(4)16(15)12-8-9-13(23-5)14(10-12)24-6/h8-10,16H,7H2,1-6H3. The van der Waals surface area contributed by atoms with Gasteiger partial charge in [0.15, 0.2) is 11.5 Å². The number of urea groups is 1. The number of benzene rings is 1. The van der Waals surface area contributed by atoms with Gasteiger partial charge in [-0.2, -0.15) is 0 Å². The molecule has 7 heteroatoms. The van der Waals surface area contributed by atoms with Crippen molar-refractivity contribution in [1.82, 2.24) is 9.80 Å². The lowest BCUT2D eigenvalue weighted by Crippen LogP contribution is -2.47. The van der Waals surface area contributed by atoms with Crippen LogP contribution >= 0.6 is 0 Å². The van der Waals surface area contributed by atoms with Crippen LogP contribution in [0.25, 0.3) is 0 Å². The number of carbonyl (C=O) groups is 2. The molecule has 0 fully saturated rings. The summed E-state index contributed by atoms with van der Waals surface area (Å²) in [7, 11) is 6.39. The zero-order chi connectivity index (χ0) is 18.7. The predicted octanol–water partition coefficient (Wildman–Crippen LogP) is 2.58.